The highest BCUT2D eigenvalue weighted by atomic mass is 35.5. The molecule has 0 aromatic heterocycles. The van der Waals surface area contributed by atoms with Crippen molar-refractivity contribution in [3.63, 3.8) is 0 Å². The van der Waals surface area contributed by atoms with E-state index >= 15 is 0 Å². The van der Waals surface area contributed by atoms with Gasteiger partial charge in [-0.1, -0.05) is 41.9 Å². The van der Waals surface area contributed by atoms with Gasteiger partial charge < -0.3 is 9.47 Å². The van der Waals surface area contributed by atoms with Gasteiger partial charge in [0.25, 0.3) is 0 Å². The van der Waals surface area contributed by atoms with Crippen LogP contribution in [0.25, 0.3) is 0 Å². The molecule has 0 bridgehead atoms. The lowest BCUT2D eigenvalue weighted by Crippen LogP contribution is -1.98. The maximum absolute atomic E-state index is 5.86. The van der Waals surface area contributed by atoms with Crippen LogP contribution in [0.4, 0.5) is 5.69 Å². The summed E-state index contributed by atoms with van der Waals surface area (Å²) in [5.41, 5.74) is 5.82. The minimum absolute atomic E-state index is 0.489. The van der Waals surface area contributed by atoms with Gasteiger partial charge in [0.05, 0.1) is 19.0 Å². The van der Waals surface area contributed by atoms with Crippen LogP contribution in [0, 0.1) is 0 Å². The molecule has 5 heteroatoms. The fraction of sp³-hybridized carbons (Fsp3) is 0.0952. The summed E-state index contributed by atoms with van der Waals surface area (Å²) in [6.45, 7) is 0.489. The molecule has 1 N–H and O–H groups in total. The van der Waals surface area contributed by atoms with Crippen molar-refractivity contribution in [3.05, 3.63) is 88.9 Å². The third-order valence-electron chi connectivity index (χ3n) is 3.68. The molecular weight excluding hydrogens is 348 g/mol. The van der Waals surface area contributed by atoms with Crippen molar-refractivity contribution in [2.45, 2.75) is 6.61 Å². The zero-order chi connectivity index (χ0) is 18.2. The van der Waals surface area contributed by atoms with E-state index in [9.17, 15) is 0 Å². The zero-order valence-electron chi connectivity index (χ0n) is 14.4. The Labute approximate surface area is 158 Å². The van der Waals surface area contributed by atoms with Crippen LogP contribution in [0.5, 0.6) is 11.5 Å². The predicted octanol–water partition coefficient (Wildman–Crippen LogP) is 5.37. The second-order valence-corrected chi connectivity index (χ2v) is 6.00. The van der Waals surface area contributed by atoms with E-state index in [0.717, 1.165) is 16.8 Å². The van der Waals surface area contributed by atoms with E-state index in [4.69, 9.17) is 21.1 Å². The Morgan fingerprint density at radius 3 is 2.46 bits per heavy atom. The quantitative estimate of drug-likeness (QED) is 0.451. The van der Waals surface area contributed by atoms with Crippen LogP contribution in [0.3, 0.4) is 0 Å². The molecule has 0 spiro atoms. The fourth-order valence-corrected chi connectivity index (χ4v) is 2.45. The molecule has 3 aromatic carbocycles. The number of rotatable bonds is 7. The first-order chi connectivity index (χ1) is 12.7. The van der Waals surface area contributed by atoms with Crippen molar-refractivity contribution in [1.82, 2.24) is 0 Å². The van der Waals surface area contributed by atoms with E-state index in [-0.39, 0.29) is 0 Å². The average Bonchev–Trinajstić information content (AvgIpc) is 2.69. The number of halogens is 1. The second-order valence-electron chi connectivity index (χ2n) is 5.56. The van der Waals surface area contributed by atoms with Crippen molar-refractivity contribution in [1.29, 1.82) is 0 Å². The van der Waals surface area contributed by atoms with Crippen LogP contribution in [0.15, 0.2) is 77.9 Å². The third kappa shape index (κ3) is 5.01. The van der Waals surface area contributed by atoms with E-state index in [1.54, 1.807) is 25.5 Å². The van der Waals surface area contributed by atoms with Gasteiger partial charge in [-0.05, 0) is 53.6 Å². The van der Waals surface area contributed by atoms with E-state index in [1.165, 1.54) is 0 Å². The summed E-state index contributed by atoms with van der Waals surface area (Å²) in [6.07, 6.45) is 1.72. The Bertz CT molecular complexity index is 865. The Hall–Kier alpha value is -2.98. The summed E-state index contributed by atoms with van der Waals surface area (Å²) in [5.74, 6) is 1.36. The smallest absolute Gasteiger partial charge is 0.161 e. The molecule has 26 heavy (non-hydrogen) atoms. The first-order valence-electron chi connectivity index (χ1n) is 8.14. The van der Waals surface area contributed by atoms with E-state index in [2.05, 4.69) is 10.5 Å². The molecule has 0 unspecified atom stereocenters. The lowest BCUT2D eigenvalue weighted by Gasteiger charge is -2.11. The van der Waals surface area contributed by atoms with Gasteiger partial charge in [-0.3, -0.25) is 5.43 Å². The SMILES string of the molecule is COc1cc(/C=N\Nc2ccc(Cl)cc2)ccc1OCc1ccccc1. The third-order valence-corrected chi connectivity index (χ3v) is 3.93. The number of methoxy groups -OCH3 is 1. The molecule has 4 nitrogen and oxygen atoms in total. The topological polar surface area (TPSA) is 42.8 Å². The Balaban J connectivity index is 1.64. The second kappa shape index (κ2) is 8.92. The Kier molecular flexibility index (Phi) is 6.12. The number of nitrogens with zero attached hydrogens (tertiary/aromatic N) is 1. The average molecular weight is 367 g/mol. The lowest BCUT2D eigenvalue weighted by molar-refractivity contribution is 0.284. The number of anilines is 1. The molecule has 0 amide bonds. The molecule has 0 aliphatic heterocycles. The number of hydrogen-bond acceptors (Lipinski definition) is 4. The van der Waals surface area contributed by atoms with Gasteiger partial charge >= 0.3 is 0 Å². The monoisotopic (exact) mass is 366 g/mol. The molecule has 0 radical (unpaired) electrons. The first-order valence-corrected chi connectivity index (χ1v) is 8.52. The predicted molar refractivity (Wildman–Crippen MR) is 106 cm³/mol. The van der Waals surface area contributed by atoms with Crippen LogP contribution < -0.4 is 14.9 Å². The van der Waals surface area contributed by atoms with Gasteiger partial charge in [-0.25, -0.2) is 0 Å². The van der Waals surface area contributed by atoms with Gasteiger partial charge in [-0.2, -0.15) is 5.10 Å². The minimum Gasteiger partial charge on any atom is -0.493 e. The normalized spacial score (nSPS) is 10.7. The van der Waals surface area contributed by atoms with E-state index in [0.29, 0.717) is 23.1 Å². The largest absolute Gasteiger partial charge is 0.493 e. The molecule has 0 aliphatic rings. The van der Waals surface area contributed by atoms with Crippen LogP contribution in [0.2, 0.25) is 5.02 Å². The highest BCUT2D eigenvalue weighted by Crippen LogP contribution is 2.28. The summed E-state index contributed by atoms with van der Waals surface area (Å²) in [5, 5.41) is 4.92. The molecule has 3 rings (SSSR count). The van der Waals surface area contributed by atoms with Crippen LogP contribution in [0.1, 0.15) is 11.1 Å². The van der Waals surface area contributed by atoms with E-state index in [1.807, 2.05) is 60.7 Å². The van der Waals surface area contributed by atoms with Crippen LogP contribution in [-0.4, -0.2) is 13.3 Å². The van der Waals surface area contributed by atoms with Crippen molar-refractivity contribution in [2.75, 3.05) is 12.5 Å². The van der Waals surface area contributed by atoms with Gasteiger partial charge in [0.1, 0.15) is 6.61 Å². The van der Waals surface area contributed by atoms with Crippen molar-refractivity contribution < 1.29 is 9.47 Å². The number of ether oxygens (including phenoxy) is 2. The number of hydrazone groups is 1. The lowest BCUT2D eigenvalue weighted by atomic mass is 10.2. The first kappa shape index (κ1) is 17.8. The molecule has 0 heterocycles. The minimum atomic E-state index is 0.489. The summed E-state index contributed by atoms with van der Waals surface area (Å²) in [6, 6.07) is 23.0. The highest BCUT2D eigenvalue weighted by molar-refractivity contribution is 6.30. The molecule has 0 saturated carbocycles. The maximum atomic E-state index is 5.86. The standard InChI is InChI=1S/C21H19ClN2O2/c1-25-21-13-17(14-23-24-19-10-8-18(22)9-11-19)7-12-20(21)26-15-16-5-3-2-4-6-16/h2-14,24H,15H2,1H3/b23-14-. The van der Waals surface area contributed by atoms with E-state index < -0.39 is 0 Å². The summed E-state index contributed by atoms with van der Waals surface area (Å²) < 4.78 is 11.3. The molecular formula is C21H19ClN2O2. The summed E-state index contributed by atoms with van der Waals surface area (Å²) in [4.78, 5) is 0. The summed E-state index contributed by atoms with van der Waals surface area (Å²) in [7, 11) is 1.62. The molecule has 0 atom stereocenters. The number of hydrogen-bond donors (Lipinski definition) is 1. The number of nitrogens with one attached hydrogen (secondary N) is 1. The molecule has 0 fully saturated rings. The summed E-state index contributed by atoms with van der Waals surface area (Å²) >= 11 is 5.86. The van der Waals surface area contributed by atoms with Gasteiger partial charge in [0, 0.05) is 5.02 Å². The number of benzene rings is 3. The van der Waals surface area contributed by atoms with Gasteiger partial charge in [0.2, 0.25) is 0 Å². The van der Waals surface area contributed by atoms with Crippen molar-refractivity contribution >= 4 is 23.5 Å². The van der Waals surface area contributed by atoms with Crippen molar-refractivity contribution in [2.24, 2.45) is 5.10 Å². The molecule has 0 saturated heterocycles. The highest BCUT2D eigenvalue weighted by Gasteiger charge is 2.05. The maximum Gasteiger partial charge on any atom is 0.161 e. The molecule has 132 valence electrons. The van der Waals surface area contributed by atoms with Gasteiger partial charge in [-0.15, -0.1) is 0 Å². The Morgan fingerprint density at radius 2 is 1.73 bits per heavy atom. The van der Waals surface area contributed by atoms with Gasteiger partial charge in [0.15, 0.2) is 11.5 Å². The van der Waals surface area contributed by atoms with Crippen molar-refractivity contribution in [3.8, 4) is 11.5 Å². The molecule has 0 aliphatic carbocycles. The van der Waals surface area contributed by atoms with Crippen LogP contribution >= 0.6 is 11.6 Å². The zero-order valence-corrected chi connectivity index (χ0v) is 15.1. The molecule has 3 aromatic rings. The fourth-order valence-electron chi connectivity index (χ4n) is 2.32. The Morgan fingerprint density at radius 1 is 0.962 bits per heavy atom. The van der Waals surface area contributed by atoms with Crippen LogP contribution in [-0.2, 0) is 6.61 Å².